The molecule has 0 radical (unpaired) electrons. The molecule has 4 heteroatoms. The summed E-state index contributed by atoms with van der Waals surface area (Å²) in [4.78, 5) is 9.33. The van der Waals surface area contributed by atoms with Crippen molar-refractivity contribution in [1.82, 2.24) is 9.80 Å². The fourth-order valence-corrected chi connectivity index (χ4v) is 2.83. The summed E-state index contributed by atoms with van der Waals surface area (Å²) in [5.41, 5.74) is 6.09. The minimum Gasteiger partial charge on any atom is -0.370 e. The van der Waals surface area contributed by atoms with Crippen LogP contribution in [0.2, 0.25) is 0 Å². The summed E-state index contributed by atoms with van der Waals surface area (Å²) in [5, 5.41) is 0. The minimum atomic E-state index is 0.756. The van der Waals surface area contributed by atoms with Gasteiger partial charge >= 0.3 is 0 Å². The Hall–Kier alpha value is -0.770. The molecule has 18 heavy (non-hydrogen) atoms. The summed E-state index contributed by atoms with van der Waals surface area (Å²) in [7, 11) is 0. The Labute approximate surface area is 111 Å². The van der Waals surface area contributed by atoms with E-state index in [4.69, 9.17) is 5.73 Å². The summed E-state index contributed by atoms with van der Waals surface area (Å²) in [6.07, 6.45) is 5.32. The van der Waals surface area contributed by atoms with Gasteiger partial charge in [0, 0.05) is 25.7 Å². The Kier molecular flexibility index (Phi) is 4.87. The standard InChI is InChI=1S/C14H28N4/c1-3-17(13-6-7-13)10-8-16-14(15)18-9-4-5-12(2)11-18/h12-13H,3-11H2,1-2H3,(H2,15,16). The zero-order valence-corrected chi connectivity index (χ0v) is 11.9. The van der Waals surface area contributed by atoms with Crippen molar-refractivity contribution in [2.75, 3.05) is 32.7 Å². The van der Waals surface area contributed by atoms with Gasteiger partial charge in [-0.15, -0.1) is 0 Å². The van der Waals surface area contributed by atoms with Crippen LogP contribution in [0, 0.1) is 5.92 Å². The second-order valence-electron chi connectivity index (χ2n) is 5.79. The van der Waals surface area contributed by atoms with E-state index < -0.39 is 0 Å². The molecule has 0 amide bonds. The first-order chi connectivity index (χ1) is 8.70. The van der Waals surface area contributed by atoms with Gasteiger partial charge in [0.05, 0.1) is 6.54 Å². The van der Waals surface area contributed by atoms with Crippen LogP contribution in [-0.4, -0.2) is 54.5 Å². The molecule has 0 aromatic heterocycles. The molecule has 1 aliphatic carbocycles. The fourth-order valence-electron chi connectivity index (χ4n) is 2.83. The highest BCUT2D eigenvalue weighted by Gasteiger charge is 2.27. The molecule has 1 saturated heterocycles. The Balaban J connectivity index is 1.73. The Bertz CT molecular complexity index is 286. The molecule has 1 heterocycles. The van der Waals surface area contributed by atoms with Gasteiger partial charge in [-0.05, 0) is 38.1 Å². The third-order valence-corrected chi connectivity index (χ3v) is 4.11. The summed E-state index contributed by atoms with van der Waals surface area (Å²) < 4.78 is 0. The number of hydrogen-bond acceptors (Lipinski definition) is 2. The molecule has 2 N–H and O–H groups in total. The zero-order valence-electron chi connectivity index (χ0n) is 11.9. The van der Waals surface area contributed by atoms with E-state index in [1.807, 2.05) is 0 Å². The molecule has 1 saturated carbocycles. The maximum absolute atomic E-state index is 6.09. The topological polar surface area (TPSA) is 44.9 Å². The van der Waals surface area contributed by atoms with Crippen molar-refractivity contribution in [3.8, 4) is 0 Å². The summed E-state index contributed by atoms with van der Waals surface area (Å²) >= 11 is 0. The SMILES string of the molecule is CCN(CCN=C(N)N1CCCC(C)C1)C1CC1. The van der Waals surface area contributed by atoms with Crippen molar-refractivity contribution in [1.29, 1.82) is 0 Å². The molecular formula is C14H28N4. The first-order valence-electron chi connectivity index (χ1n) is 7.49. The predicted octanol–water partition coefficient (Wildman–Crippen LogP) is 1.52. The number of likely N-dealkylation sites (tertiary alicyclic amines) is 1. The van der Waals surface area contributed by atoms with Gasteiger partial charge in [-0.25, -0.2) is 0 Å². The third kappa shape index (κ3) is 3.87. The Morgan fingerprint density at radius 2 is 2.17 bits per heavy atom. The van der Waals surface area contributed by atoms with Gasteiger partial charge < -0.3 is 10.6 Å². The van der Waals surface area contributed by atoms with Crippen LogP contribution in [0.1, 0.15) is 39.5 Å². The van der Waals surface area contributed by atoms with Crippen LogP contribution in [-0.2, 0) is 0 Å². The van der Waals surface area contributed by atoms with Crippen LogP contribution >= 0.6 is 0 Å². The normalized spacial score (nSPS) is 25.8. The molecule has 0 aromatic rings. The van der Waals surface area contributed by atoms with Crippen LogP contribution in [0.5, 0.6) is 0 Å². The molecule has 4 nitrogen and oxygen atoms in total. The van der Waals surface area contributed by atoms with E-state index in [1.165, 1.54) is 25.7 Å². The number of hydrogen-bond donors (Lipinski definition) is 1. The van der Waals surface area contributed by atoms with E-state index in [1.54, 1.807) is 0 Å². The number of aliphatic imine (C=N–C) groups is 1. The quantitative estimate of drug-likeness (QED) is 0.596. The van der Waals surface area contributed by atoms with E-state index in [-0.39, 0.29) is 0 Å². The van der Waals surface area contributed by atoms with Crippen molar-refractivity contribution < 1.29 is 0 Å². The molecule has 104 valence electrons. The van der Waals surface area contributed by atoms with Crippen molar-refractivity contribution in [3.05, 3.63) is 0 Å². The lowest BCUT2D eigenvalue weighted by atomic mass is 10.0. The molecule has 2 fully saturated rings. The number of guanidine groups is 1. The first kappa shape index (κ1) is 13.7. The van der Waals surface area contributed by atoms with E-state index >= 15 is 0 Å². The third-order valence-electron chi connectivity index (χ3n) is 4.11. The number of nitrogens with zero attached hydrogens (tertiary/aromatic N) is 3. The van der Waals surface area contributed by atoms with Gasteiger partial charge in [0.25, 0.3) is 0 Å². The van der Waals surface area contributed by atoms with Gasteiger partial charge in [-0.3, -0.25) is 9.89 Å². The lowest BCUT2D eigenvalue weighted by Crippen LogP contribution is -2.43. The first-order valence-corrected chi connectivity index (χ1v) is 7.49. The predicted molar refractivity (Wildman–Crippen MR) is 76.7 cm³/mol. The molecule has 1 atom stereocenters. The molecule has 0 aromatic carbocycles. The monoisotopic (exact) mass is 252 g/mol. The van der Waals surface area contributed by atoms with Crippen molar-refractivity contribution in [3.63, 3.8) is 0 Å². The van der Waals surface area contributed by atoms with Crippen molar-refractivity contribution in [2.45, 2.75) is 45.6 Å². The van der Waals surface area contributed by atoms with E-state index in [2.05, 4.69) is 28.6 Å². The maximum atomic E-state index is 6.09. The zero-order chi connectivity index (χ0) is 13.0. The van der Waals surface area contributed by atoms with Gasteiger partial charge in [-0.1, -0.05) is 13.8 Å². The number of piperidine rings is 1. The van der Waals surface area contributed by atoms with Crippen molar-refractivity contribution >= 4 is 5.96 Å². The smallest absolute Gasteiger partial charge is 0.191 e. The summed E-state index contributed by atoms with van der Waals surface area (Å²) in [6, 6.07) is 0.835. The maximum Gasteiger partial charge on any atom is 0.191 e. The largest absolute Gasteiger partial charge is 0.370 e. The lowest BCUT2D eigenvalue weighted by molar-refractivity contribution is 0.267. The van der Waals surface area contributed by atoms with Crippen LogP contribution in [0.15, 0.2) is 4.99 Å². The van der Waals surface area contributed by atoms with E-state index in [0.717, 1.165) is 50.6 Å². The Morgan fingerprint density at radius 1 is 1.39 bits per heavy atom. The van der Waals surface area contributed by atoms with Gasteiger partial charge in [-0.2, -0.15) is 0 Å². The van der Waals surface area contributed by atoms with Crippen LogP contribution in [0.25, 0.3) is 0 Å². The molecule has 0 bridgehead atoms. The number of rotatable bonds is 5. The molecule has 0 spiro atoms. The number of likely N-dealkylation sites (N-methyl/N-ethyl adjacent to an activating group) is 1. The van der Waals surface area contributed by atoms with E-state index in [0.29, 0.717) is 0 Å². The second-order valence-corrected chi connectivity index (χ2v) is 5.79. The summed E-state index contributed by atoms with van der Waals surface area (Å²) in [5.74, 6) is 1.51. The van der Waals surface area contributed by atoms with E-state index in [9.17, 15) is 0 Å². The van der Waals surface area contributed by atoms with Crippen LogP contribution < -0.4 is 5.73 Å². The fraction of sp³-hybridized carbons (Fsp3) is 0.929. The second kappa shape index (κ2) is 6.41. The van der Waals surface area contributed by atoms with Gasteiger partial charge in [0.15, 0.2) is 5.96 Å². The molecule has 1 unspecified atom stereocenters. The minimum absolute atomic E-state index is 0.756. The highest BCUT2D eigenvalue weighted by molar-refractivity contribution is 5.78. The molecule has 1 aliphatic heterocycles. The molecule has 2 aliphatic rings. The van der Waals surface area contributed by atoms with Gasteiger partial charge in [0.2, 0.25) is 0 Å². The lowest BCUT2D eigenvalue weighted by Gasteiger charge is -2.31. The van der Waals surface area contributed by atoms with Gasteiger partial charge in [0.1, 0.15) is 0 Å². The number of nitrogens with two attached hydrogens (primary N) is 1. The van der Waals surface area contributed by atoms with Crippen LogP contribution in [0.4, 0.5) is 0 Å². The van der Waals surface area contributed by atoms with Crippen molar-refractivity contribution in [2.24, 2.45) is 16.6 Å². The molecule has 2 rings (SSSR count). The highest BCUT2D eigenvalue weighted by Crippen LogP contribution is 2.25. The Morgan fingerprint density at radius 3 is 2.78 bits per heavy atom. The average molecular weight is 252 g/mol. The summed E-state index contributed by atoms with van der Waals surface area (Å²) in [6.45, 7) is 9.74. The average Bonchev–Trinajstić information content (AvgIpc) is 3.18. The highest BCUT2D eigenvalue weighted by atomic mass is 15.3. The van der Waals surface area contributed by atoms with Crippen LogP contribution in [0.3, 0.4) is 0 Å². The molecular weight excluding hydrogens is 224 g/mol.